The Labute approximate surface area is 122 Å². The Bertz CT molecular complexity index is 449. The Kier molecular flexibility index (Phi) is 5.83. The van der Waals surface area contributed by atoms with Gasteiger partial charge in [0.2, 0.25) is 5.28 Å². The fourth-order valence-corrected chi connectivity index (χ4v) is 1.65. The van der Waals surface area contributed by atoms with E-state index in [0.29, 0.717) is 15.4 Å². The van der Waals surface area contributed by atoms with Crippen LogP contribution in [0.5, 0.6) is 0 Å². The van der Waals surface area contributed by atoms with Crippen molar-refractivity contribution < 1.29 is 8.78 Å². The SMILES string of the molecule is C=NN(C(F)F)N(C)C(C)Nc1nc(Cl)ncc1Br. The van der Waals surface area contributed by atoms with Crippen LogP contribution < -0.4 is 5.32 Å². The van der Waals surface area contributed by atoms with Gasteiger partial charge in [-0.25, -0.2) is 4.98 Å². The molecule has 1 atom stereocenters. The van der Waals surface area contributed by atoms with Gasteiger partial charge in [0.15, 0.2) is 0 Å². The first kappa shape index (κ1) is 16.0. The number of halogens is 4. The van der Waals surface area contributed by atoms with E-state index >= 15 is 0 Å². The summed E-state index contributed by atoms with van der Waals surface area (Å²) in [5.74, 6) is 0.387. The summed E-state index contributed by atoms with van der Waals surface area (Å²) in [7, 11) is 1.44. The molecule has 1 aromatic heterocycles. The van der Waals surface area contributed by atoms with Crippen molar-refractivity contribution in [3.8, 4) is 0 Å². The fraction of sp³-hybridized carbons (Fsp3) is 0.444. The van der Waals surface area contributed by atoms with E-state index in [-0.39, 0.29) is 5.28 Å². The third kappa shape index (κ3) is 4.22. The summed E-state index contributed by atoms with van der Waals surface area (Å²) in [6.45, 7) is 1.96. The third-order valence-corrected chi connectivity index (χ3v) is 3.03. The largest absolute Gasteiger partial charge is 0.352 e. The first-order chi connectivity index (χ1) is 8.86. The smallest absolute Gasteiger partial charge is 0.343 e. The minimum absolute atomic E-state index is 0.0492. The van der Waals surface area contributed by atoms with Crippen LogP contribution in [0.1, 0.15) is 6.92 Å². The lowest BCUT2D eigenvalue weighted by Gasteiger charge is -2.33. The number of hydrazine groups is 1. The van der Waals surface area contributed by atoms with Crippen LogP contribution in [-0.2, 0) is 0 Å². The molecule has 10 heteroatoms. The number of nitrogens with one attached hydrogen (secondary N) is 1. The molecule has 106 valence electrons. The first-order valence-electron chi connectivity index (χ1n) is 5.08. The predicted octanol–water partition coefficient (Wildman–Crippen LogP) is 2.64. The quantitative estimate of drug-likeness (QED) is 0.279. The maximum Gasteiger partial charge on any atom is 0.343 e. The van der Waals surface area contributed by atoms with Gasteiger partial charge in [-0.15, -0.1) is 0 Å². The fourth-order valence-electron chi connectivity index (χ4n) is 1.21. The van der Waals surface area contributed by atoms with E-state index in [2.05, 4.69) is 43.0 Å². The van der Waals surface area contributed by atoms with Gasteiger partial charge < -0.3 is 5.32 Å². The van der Waals surface area contributed by atoms with Gasteiger partial charge in [-0.3, -0.25) is 0 Å². The van der Waals surface area contributed by atoms with Crippen LogP contribution in [0.15, 0.2) is 15.8 Å². The van der Waals surface area contributed by atoms with Gasteiger partial charge in [-0.2, -0.15) is 29.0 Å². The second-order valence-electron chi connectivity index (χ2n) is 3.47. The molecular formula is C9H12BrClF2N6. The Morgan fingerprint density at radius 2 is 2.21 bits per heavy atom. The van der Waals surface area contributed by atoms with Crippen molar-refractivity contribution in [1.29, 1.82) is 0 Å². The van der Waals surface area contributed by atoms with E-state index in [1.54, 1.807) is 6.92 Å². The average molecular weight is 358 g/mol. The molecule has 0 spiro atoms. The number of anilines is 1. The van der Waals surface area contributed by atoms with Crippen molar-refractivity contribution in [3.05, 3.63) is 16.0 Å². The standard InChI is InChI=1S/C9H12BrClF2N6/c1-5(18(3)19(14-2)9(12)13)16-7-6(10)4-15-8(11)17-7/h4-5,9H,2H2,1,3H3,(H,15,16,17). The molecule has 0 aliphatic heterocycles. The van der Waals surface area contributed by atoms with Gasteiger partial charge in [-0.1, -0.05) is 0 Å². The number of alkyl halides is 2. The van der Waals surface area contributed by atoms with E-state index < -0.39 is 12.7 Å². The maximum absolute atomic E-state index is 12.7. The summed E-state index contributed by atoms with van der Waals surface area (Å²) >= 11 is 8.89. The summed E-state index contributed by atoms with van der Waals surface area (Å²) in [5, 5.41) is 7.82. The molecule has 0 radical (unpaired) electrons. The molecule has 19 heavy (non-hydrogen) atoms. The molecule has 1 rings (SSSR count). The zero-order valence-corrected chi connectivity index (χ0v) is 12.5. The van der Waals surface area contributed by atoms with Crippen molar-refractivity contribution in [3.63, 3.8) is 0 Å². The Morgan fingerprint density at radius 1 is 1.58 bits per heavy atom. The van der Waals surface area contributed by atoms with Crippen molar-refractivity contribution in [2.75, 3.05) is 12.4 Å². The molecule has 0 amide bonds. The van der Waals surface area contributed by atoms with Crippen LogP contribution in [0.25, 0.3) is 0 Å². The molecule has 0 saturated carbocycles. The Balaban J connectivity index is 2.81. The molecule has 0 aromatic carbocycles. The van der Waals surface area contributed by atoms with Gasteiger partial charge in [0.1, 0.15) is 5.82 Å². The normalized spacial score (nSPS) is 12.6. The summed E-state index contributed by atoms with van der Waals surface area (Å²) in [5.41, 5.74) is 0. The van der Waals surface area contributed by atoms with Gasteiger partial charge in [0.25, 0.3) is 0 Å². The molecular weight excluding hydrogens is 345 g/mol. The molecule has 0 bridgehead atoms. The van der Waals surface area contributed by atoms with Crippen molar-refractivity contribution in [2.24, 2.45) is 5.10 Å². The number of hydrogen-bond acceptors (Lipinski definition) is 6. The zero-order valence-electron chi connectivity index (χ0n) is 10.2. The van der Waals surface area contributed by atoms with Gasteiger partial charge in [-0.05, 0) is 34.5 Å². The number of hydrogen-bond donors (Lipinski definition) is 1. The van der Waals surface area contributed by atoms with E-state index in [4.69, 9.17) is 11.6 Å². The van der Waals surface area contributed by atoms with Crippen LogP contribution in [0, 0.1) is 0 Å². The minimum Gasteiger partial charge on any atom is -0.352 e. The summed E-state index contributed by atoms with van der Waals surface area (Å²) in [6, 6.07) is 0. The summed E-state index contributed by atoms with van der Waals surface area (Å²) < 4.78 is 25.9. The van der Waals surface area contributed by atoms with Crippen LogP contribution in [0.3, 0.4) is 0 Å². The van der Waals surface area contributed by atoms with Crippen LogP contribution >= 0.6 is 27.5 Å². The van der Waals surface area contributed by atoms with Crippen molar-refractivity contribution in [2.45, 2.75) is 19.6 Å². The summed E-state index contributed by atoms with van der Waals surface area (Å²) in [4.78, 5) is 7.71. The molecule has 6 nitrogen and oxygen atoms in total. The number of aromatic nitrogens is 2. The van der Waals surface area contributed by atoms with Gasteiger partial charge in [0, 0.05) is 20.0 Å². The highest BCUT2D eigenvalue weighted by atomic mass is 79.9. The van der Waals surface area contributed by atoms with Crippen molar-refractivity contribution in [1.82, 2.24) is 20.1 Å². The Morgan fingerprint density at radius 3 is 2.74 bits per heavy atom. The lowest BCUT2D eigenvalue weighted by atomic mass is 10.5. The second kappa shape index (κ2) is 6.92. The monoisotopic (exact) mass is 356 g/mol. The highest BCUT2D eigenvalue weighted by Gasteiger charge is 2.23. The van der Waals surface area contributed by atoms with Gasteiger partial charge >= 0.3 is 6.55 Å². The average Bonchev–Trinajstić information content (AvgIpc) is 2.34. The van der Waals surface area contributed by atoms with Gasteiger partial charge in [0.05, 0.1) is 10.6 Å². The van der Waals surface area contributed by atoms with Crippen LogP contribution in [0.2, 0.25) is 5.28 Å². The topological polar surface area (TPSA) is 56.6 Å². The highest BCUT2D eigenvalue weighted by molar-refractivity contribution is 9.10. The lowest BCUT2D eigenvalue weighted by Crippen LogP contribution is -2.47. The van der Waals surface area contributed by atoms with E-state index in [9.17, 15) is 8.78 Å². The van der Waals surface area contributed by atoms with Crippen LogP contribution in [-0.4, -0.2) is 46.6 Å². The highest BCUT2D eigenvalue weighted by Crippen LogP contribution is 2.22. The lowest BCUT2D eigenvalue weighted by molar-refractivity contribution is -0.159. The molecule has 1 unspecified atom stereocenters. The maximum atomic E-state index is 12.7. The zero-order chi connectivity index (χ0) is 14.6. The minimum atomic E-state index is -2.79. The van der Waals surface area contributed by atoms with Crippen molar-refractivity contribution >= 4 is 40.1 Å². The molecule has 0 aliphatic carbocycles. The first-order valence-corrected chi connectivity index (χ1v) is 6.25. The summed E-state index contributed by atoms with van der Waals surface area (Å²) in [6.07, 6.45) is 0.933. The predicted molar refractivity (Wildman–Crippen MR) is 73.0 cm³/mol. The van der Waals surface area contributed by atoms with E-state index in [1.807, 2.05) is 0 Å². The number of rotatable bonds is 6. The van der Waals surface area contributed by atoms with E-state index in [0.717, 1.165) is 0 Å². The second-order valence-corrected chi connectivity index (χ2v) is 4.66. The molecule has 1 N–H and O–H groups in total. The number of hydrazone groups is 1. The number of nitrogens with zero attached hydrogens (tertiary/aromatic N) is 5. The molecule has 1 aromatic rings. The molecule has 1 heterocycles. The molecule has 0 saturated heterocycles. The third-order valence-electron chi connectivity index (χ3n) is 2.26. The van der Waals surface area contributed by atoms with Crippen LogP contribution in [0.4, 0.5) is 14.6 Å². The molecule has 0 aliphatic rings. The van der Waals surface area contributed by atoms with E-state index in [1.165, 1.54) is 18.3 Å². The Hall–Kier alpha value is -1.06. The molecule has 0 fully saturated rings.